The molecule has 94 valence electrons. The quantitative estimate of drug-likeness (QED) is 0.580. The zero-order valence-corrected chi connectivity index (χ0v) is 12.9. The van der Waals surface area contributed by atoms with Crippen LogP contribution in [0.1, 0.15) is 37.0 Å². The predicted octanol–water partition coefficient (Wildman–Crippen LogP) is 3.59. The minimum absolute atomic E-state index is 0.204. The van der Waals surface area contributed by atoms with Gasteiger partial charge in [0, 0.05) is 15.2 Å². The second kappa shape index (κ2) is 7.11. The van der Waals surface area contributed by atoms with E-state index in [2.05, 4.69) is 41.3 Å². The lowest BCUT2D eigenvalue weighted by molar-refractivity contribution is 0.0915. The molecule has 0 saturated carbocycles. The Morgan fingerprint density at radius 1 is 1.24 bits per heavy atom. The van der Waals surface area contributed by atoms with Gasteiger partial charge in [0.1, 0.15) is 0 Å². The van der Waals surface area contributed by atoms with Crippen LogP contribution in [0.3, 0.4) is 0 Å². The maximum atomic E-state index is 12.1. The van der Waals surface area contributed by atoms with Crippen molar-refractivity contribution >= 4 is 28.4 Å². The van der Waals surface area contributed by atoms with Crippen molar-refractivity contribution in [1.29, 1.82) is 0 Å². The zero-order valence-electron chi connectivity index (χ0n) is 10.7. The summed E-state index contributed by atoms with van der Waals surface area (Å²) < 4.78 is 1.16. The minimum Gasteiger partial charge on any atom is -0.296 e. The Bertz CT molecular complexity index is 357. The highest BCUT2D eigenvalue weighted by molar-refractivity contribution is 14.1. The Hall–Kier alpha value is -0.420. The van der Waals surface area contributed by atoms with Crippen LogP contribution in [0.25, 0.3) is 0 Å². The predicted molar refractivity (Wildman–Crippen MR) is 80.5 cm³/mol. The molecular weight excluding hydrogens is 325 g/mol. The number of Topliss-reactive ketones (excluding diaryl/α,β-unsaturated/α-hetero) is 1. The first-order chi connectivity index (χ1) is 8.08. The van der Waals surface area contributed by atoms with Crippen LogP contribution in [0, 0.1) is 3.57 Å². The first-order valence-corrected chi connectivity index (χ1v) is 7.15. The average molecular weight is 345 g/mol. The Kier molecular flexibility index (Phi) is 6.12. The summed E-state index contributed by atoms with van der Waals surface area (Å²) in [5, 5.41) is 0. The maximum Gasteiger partial charge on any atom is 0.176 e. The standard InChI is InChI=1S/C14H20INO/c1-4-13(5-2)16(3)10-14(17)11-6-8-12(15)9-7-11/h6-9,13H,4-5,10H2,1-3H3. The van der Waals surface area contributed by atoms with Crippen LogP contribution in [-0.4, -0.2) is 30.3 Å². The lowest BCUT2D eigenvalue weighted by Gasteiger charge is -2.25. The van der Waals surface area contributed by atoms with Gasteiger partial charge in [-0.2, -0.15) is 0 Å². The van der Waals surface area contributed by atoms with E-state index < -0.39 is 0 Å². The number of rotatable bonds is 6. The fourth-order valence-corrected chi connectivity index (χ4v) is 2.35. The third-order valence-corrected chi connectivity index (χ3v) is 3.84. The molecule has 0 heterocycles. The molecule has 2 nitrogen and oxygen atoms in total. The van der Waals surface area contributed by atoms with Gasteiger partial charge in [-0.3, -0.25) is 9.69 Å². The van der Waals surface area contributed by atoms with Gasteiger partial charge in [-0.15, -0.1) is 0 Å². The normalized spacial score (nSPS) is 11.2. The molecule has 0 aliphatic heterocycles. The van der Waals surface area contributed by atoms with Crippen LogP contribution in [0.2, 0.25) is 0 Å². The van der Waals surface area contributed by atoms with E-state index in [0.717, 1.165) is 22.0 Å². The highest BCUT2D eigenvalue weighted by atomic mass is 127. The monoisotopic (exact) mass is 345 g/mol. The molecule has 0 saturated heterocycles. The van der Waals surface area contributed by atoms with Crippen molar-refractivity contribution < 1.29 is 4.79 Å². The van der Waals surface area contributed by atoms with Crippen molar-refractivity contribution in [1.82, 2.24) is 4.90 Å². The summed E-state index contributed by atoms with van der Waals surface area (Å²) in [4.78, 5) is 14.2. The van der Waals surface area contributed by atoms with Gasteiger partial charge < -0.3 is 0 Å². The van der Waals surface area contributed by atoms with E-state index in [9.17, 15) is 4.79 Å². The number of carbonyl (C=O) groups excluding carboxylic acids is 1. The molecule has 0 radical (unpaired) electrons. The fourth-order valence-electron chi connectivity index (χ4n) is 1.99. The Morgan fingerprint density at radius 2 is 1.76 bits per heavy atom. The molecule has 0 aromatic heterocycles. The van der Waals surface area contributed by atoms with E-state index in [-0.39, 0.29) is 5.78 Å². The van der Waals surface area contributed by atoms with Gasteiger partial charge in [-0.1, -0.05) is 26.0 Å². The summed E-state index contributed by atoms with van der Waals surface area (Å²) in [7, 11) is 2.03. The third-order valence-electron chi connectivity index (χ3n) is 3.13. The lowest BCUT2D eigenvalue weighted by atomic mass is 10.1. The zero-order chi connectivity index (χ0) is 12.8. The number of ketones is 1. The molecule has 0 aliphatic carbocycles. The Balaban J connectivity index is 2.62. The van der Waals surface area contributed by atoms with E-state index in [0.29, 0.717) is 12.6 Å². The second-order valence-corrected chi connectivity index (χ2v) is 5.56. The molecule has 3 heteroatoms. The summed E-state index contributed by atoms with van der Waals surface area (Å²) in [6, 6.07) is 8.27. The van der Waals surface area contributed by atoms with Crippen molar-refractivity contribution in [3.63, 3.8) is 0 Å². The first kappa shape index (κ1) is 14.6. The summed E-state index contributed by atoms with van der Waals surface area (Å²) in [5.41, 5.74) is 0.809. The van der Waals surface area contributed by atoms with Crippen LogP contribution < -0.4 is 0 Å². The van der Waals surface area contributed by atoms with Gasteiger partial charge in [-0.05, 0) is 54.6 Å². The van der Waals surface area contributed by atoms with Gasteiger partial charge in [0.25, 0.3) is 0 Å². The van der Waals surface area contributed by atoms with Gasteiger partial charge >= 0.3 is 0 Å². The van der Waals surface area contributed by atoms with E-state index in [4.69, 9.17) is 0 Å². The molecule has 0 atom stereocenters. The van der Waals surface area contributed by atoms with E-state index >= 15 is 0 Å². The van der Waals surface area contributed by atoms with Crippen molar-refractivity contribution in [3.05, 3.63) is 33.4 Å². The number of nitrogens with zero attached hydrogens (tertiary/aromatic N) is 1. The van der Waals surface area contributed by atoms with Gasteiger partial charge in [0.15, 0.2) is 5.78 Å². The molecule has 0 fully saturated rings. The lowest BCUT2D eigenvalue weighted by Crippen LogP contribution is -2.35. The number of carbonyl (C=O) groups is 1. The van der Waals surface area contributed by atoms with Crippen LogP contribution in [0.4, 0.5) is 0 Å². The molecule has 17 heavy (non-hydrogen) atoms. The largest absolute Gasteiger partial charge is 0.296 e. The third kappa shape index (κ3) is 4.39. The van der Waals surface area contributed by atoms with Crippen molar-refractivity contribution in [3.8, 4) is 0 Å². The molecule has 0 aliphatic rings. The molecule has 0 amide bonds. The van der Waals surface area contributed by atoms with E-state index in [1.54, 1.807) is 0 Å². The SMILES string of the molecule is CCC(CC)N(C)CC(=O)c1ccc(I)cc1. The molecular formula is C14H20INO. The summed E-state index contributed by atoms with van der Waals surface area (Å²) in [6.07, 6.45) is 2.18. The Labute approximate surface area is 118 Å². The number of benzene rings is 1. The van der Waals surface area contributed by atoms with Crippen LogP contribution in [-0.2, 0) is 0 Å². The number of halogens is 1. The van der Waals surface area contributed by atoms with Gasteiger partial charge in [0.2, 0.25) is 0 Å². The minimum atomic E-state index is 0.204. The fraction of sp³-hybridized carbons (Fsp3) is 0.500. The number of hydrogen-bond donors (Lipinski definition) is 0. The van der Waals surface area contributed by atoms with E-state index in [1.807, 2.05) is 31.3 Å². The van der Waals surface area contributed by atoms with Gasteiger partial charge in [0.05, 0.1) is 6.54 Å². The summed E-state index contributed by atoms with van der Waals surface area (Å²) >= 11 is 2.25. The molecule has 0 bridgehead atoms. The number of likely N-dealkylation sites (N-methyl/N-ethyl adjacent to an activating group) is 1. The molecule has 0 N–H and O–H groups in total. The van der Waals surface area contributed by atoms with Crippen molar-refractivity contribution in [2.45, 2.75) is 32.7 Å². The molecule has 1 aromatic rings. The van der Waals surface area contributed by atoms with Crippen molar-refractivity contribution in [2.24, 2.45) is 0 Å². The molecule has 1 rings (SSSR count). The van der Waals surface area contributed by atoms with Crippen LogP contribution in [0.5, 0.6) is 0 Å². The maximum absolute atomic E-state index is 12.1. The summed E-state index contributed by atoms with van der Waals surface area (Å²) in [5.74, 6) is 0.204. The smallest absolute Gasteiger partial charge is 0.176 e. The highest BCUT2D eigenvalue weighted by Gasteiger charge is 2.14. The highest BCUT2D eigenvalue weighted by Crippen LogP contribution is 2.10. The second-order valence-electron chi connectivity index (χ2n) is 4.32. The number of hydrogen-bond acceptors (Lipinski definition) is 2. The average Bonchev–Trinajstić information content (AvgIpc) is 2.31. The molecule has 0 spiro atoms. The molecule has 0 unspecified atom stereocenters. The van der Waals surface area contributed by atoms with Gasteiger partial charge in [-0.25, -0.2) is 0 Å². The first-order valence-electron chi connectivity index (χ1n) is 6.07. The molecule has 1 aromatic carbocycles. The van der Waals surface area contributed by atoms with Crippen LogP contribution >= 0.6 is 22.6 Å². The Morgan fingerprint density at radius 3 is 2.24 bits per heavy atom. The van der Waals surface area contributed by atoms with Crippen molar-refractivity contribution in [2.75, 3.05) is 13.6 Å². The topological polar surface area (TPSA) is 20.3 Å². The van der Waals surface area contributed by atoms with Crippen LogP contribution in [0.15, 0.2) is 24.3 Å². The van der Waals surface area contributed by atoms with E-state index in [1.165, 1.54) is 0 Å². The summed E-state index contributed by atoms with van der Waals surface area (Å²) in [6.45, 7) is 4.84.